The number of rotatable bonds is 6. The van der Waals surface area contributed by atoms with Crippen molar-refractivity contribution in [2.45, 2.75) is 30.9 Å². The molecule has 3 aromatic carbocycles. The predicted molar refractivity (Wildman–Crippen MR) is 123 cm³/mol. The summed E-state index contributed by atoms with van der Waals surface area (Å²) in [4.78, 5) is 13.4. The molecular weight excluding hydrogens is 396 g/mol. The smallest absolute Gasteiger partial charge is 0.321 e. The number of hydrogen-bond donors (Lipinski definition) is 0. The first-order valence-corrected chi connectivity index (χ1v) is 11.1. The Bertz CT molecular complexity index is 1160. The van der Waals surface area contributed by atoms with E-state index in [9.17, 15) is 4.79 Å². The maximum Gasteiger partial charge on any atom is 0.321 e. The summed E-state index contributed by atoms with van der Waals surface area (Å²) in [6.07, 6.45) is 5.39. The van der Waals surface area contributed by atoms with Crippen LogP contribution in [0.4, 0.5) is 0 Å². The summed E-state index contributed by atoms with van der Waals surface area (Å²) in [5.74, 6) is 1.02. The minimum absolute atomic E-state index is 0.166. The quantitative estimate of drug-likeness (QED) is 0.344. The first-order valence-electron chi connectivity index (χ1n) is 11.1. The first-order chi connectivity index (χ1) is 15.7. The molecule has 0 saturated carbocycles. The predicted octanol–water partition coefficient (Wildman–Crippen LogP) is 4.21. The van der Waals surface area contributed by atoms with Gasteiger partial charge in [0, 0.05) is 6.42 Å². The van der Waals surface area contributed by atoms with Crippen LogP contribution in [0.3, 0.4) is 0 Å². The van der Waals surface area contributed by atoms with E-state index in [1.807, 2.05) is 66.7 Å². The van der Waals surface area contributed by atoms with Crippen LogP contribution < -0.4 is 4.57 Å². The van der Waals surface area contributed by atoms with Crippen LogP contribution >= 0.6 is 0 Å². The lowest BCUT2D eigenvalue weighted by atomic mass is 9.72. The molecule has 1 saturated heterocycles. The Morgan fingerprint density at radius 1 is 0.906 bits per heavy atom. The average Bonchev–Trinajstić information content (AvgIpc) is 3.35. The van der Waals surface area contributed by atoms with Gasteiger partial charge in [-0.1, -0.05) is 91.0 Å². The van der Waals surface area contributed by atoms with E-state index >= 15 is 0 Å². The minimum Gasteiger partial charge on any atom is -0.457 e. The van der Waals surface area contributed by atoms with E-state index in [0.29, 0.717) is 13.0 Å². The largest absolute Gasteiger partial charge is 0.457 e. The number of imidazole rings is 1. The van der Waals surface area contributed by atoms with Crippen molar-refractivity contribution in [2.75, 3.05) is 0 Å². The number of nitrogens with zero attached hydrogens (tertiary/aromatic N) is 2. The third-order valence-corrected chi connectivity index (χ3v) is 6.50. The van der Waals surface area contributed by atoms with Crippen LogP contribution in [0.25, 0.3) is 0 Å². The summed E-state index contributed by atoms with van der Waals surface area (Å²) >= 11 is 0. The Hall–Kier alpha value is -3.66. The summed E-state index contributed by atoms with van der Waals surface area (Å²) < 4.78 is 10.4. The van der Waals surface area contributed by atoms with Crippen molar-refractivity contribution in [3.63, 3.8) is 0 Å². The Labute approximate surface area is 188 Å². The summed E-state index contributed by atoms with van der Waals surface area (Å²) in [6, 6.07) is 30.5. The van der Waals surface area contributed by atoms with Crippen molar-refractivity contribution in [3.05, 3.63) is 126 Å². The molecule has 1 unspecified atom stereocenters. The van der Waals surface area contributed by atoms with Crippen molar-refractivity contribution >= 4 is 5.97 Å². The van der Waals surface area contributed by atoms with Crippen molar-refractivity contribution < 1.29 is 14.1 Å². The lowest BCUT2D eigenvalue weighted by molar-refractivity contribution is -0.678. The van der Waals surface area contributed by atoms with E-state index in [1.54, 1.807) is 0 Å². The number of carbonyl (C=O) groups excluding carboxylic acids is 1. The first kappa shape index (κ1) is 20.3. The fourth-order valence-electron chi connectivity index (χ4n) is 4.85. The van der Waals surface area contributed by atoms with Crippen LogP contribution in [-0.4, -0.2) is 16.6 Å². The van der Waals surface area contributed by atoms with Gasteiger partial charge in [0.15, 0.2) is 0 Å². The molecule has 4 aromatic rings. The van der Waals surface area contributed by atoms with E-state index in [1.165, 1.54) is 11.4 Å². The Morgan fingerprint density at radius 3 is 2.06 bits per heavy atom. The molecule has 32 heavy (non-hydrogen) atoms. The fourth-order valence-corrected chi connectivity index (χ4v) is 4.85. The van der Waals surface area contributed by atoms with E-state index < -0.39 is 5.41 Å². The normalized spacial score (nSPS) is 17.3. The number of aryl methyl sites for hydroxylation is 1. The molecule has 160 valence electrons. The molecule has 4 heteroatoms. The maximum atomic E-state index is 13.4. The van der Waals surface area contributed by atoms with E-state index in [-0.39, 0.29) is 12.1 Å². The van der Waals surface area contributed by atoms with Gasteiger partial charge < -0.3 is 4.74 Å². The van der Waals surface area contributed by atoms with Gasteiger partial charge >= 0.3 is 5.97 Å². The van der Waals surface area contributed by atoms with Crippen LogP contribution in [-0.2, 0) is 35.0 Å². The van der Waals surface area contributed by atoms with Gasteiger partial charge in [-0.15, -0.1) is 0 Å². The van der Waals surface area contributed by atoms with Gasteiger partial charge in [0.1, 0.15) is 30.5 Å². The lowest BCUT2D eigenvalue weighted by Crippen LogP contribution is -2.34. The average molecular weight is 424 g/mol. The molecule has 1 aliphatic heterocycles. The summed E-state index contributed by atoms with van der Waals surface area (Å²) in [5, 5.41) is 0. The number of esters is 1. The third-order valence-electron chi connectivity index (χ3n) is 6.50. The van der Waals surface area contributed by atoms with Crippen LogP contribution in [0.1, 0.15) is 28.9 Å². The molecule has 0 spiro atoms. The SMILES string of the molecule is C[n+]1ccn(CC2CC(c3ccccc3)(c3ccccc3)C(=O)O2)c1Cc1ccccc1. The second-order valence-corrected chi connectivity index (χ2v) is 8.51. The Morgan fingerprint density at radius 2 is 1.47 bits per heavy atom. The third kappa shape index (κ3) is 3.62. The van der Waals surface area contributed by atoms with Crippen molar-refractivity contribution in [1.29, 1.82) is 0 Å². The van der Waals surface area contributed by atoms with E-state index in [0.717, 1.165) is 17.5 Å². The molecule has 0 bridgehead atoms. The monoisotopic (exact) mass is 423 g/mol. The molecule has 0 aliphatic carbocycles. The molecule has 0 amide bonds. The van der Waals surface area contributed by atoms with Crippen LogP contribution in [0.15, 0.2) is 103 Å². The summed E-state index contributed by atoms with van der Waals surface area (Å²) in [6.45, 7) is 0.635. The van der Waals surface area contributed by atoms with Gasteiger partial charge in [0.25, 0.3) is 5.82 Å². The minimum atomic E-state index is -0.776. The maximum absolute atomic E-state index is 13.4. The molecule has 1 atom stereocenters. The molecule has 1 fully saturated rings. The number of aromatic nitrogens is 2. The summed E-state index contributed by atoms with van der Waals surface area (Å²) in [7, 11) is 2.06. The molecule has 0 radical (unpaired) electrons. The van der Waals surface area contributed by atoms with E-state index in [2.05, 4.69) is 52.8 Å². The second-order valence-electron chi connectivity index (χ2n) is 8.51. The van der Waals surface area contributed by atoms with Crippen molar-refractivity contribution in [3.8, 4) is 0 Å². The molecule has 1 aliphatic rings. The Balaban J connectivity index is 1.46. The second kappa shape index (κ2) is 8.46. The van der Waals surface area contributed by atoms with E-state index in [4.69, 9.17) is 4.74 Å². The molecule has 5 rings (SSSR count). The zero-order chi connectivity index (χ0) is 22.0. The molecule has 0 N–H and O–H groups in total. The van der Waals surface area contributed by atoms with Gasteiger partial charge in [0.05, 0.1) is 13.5 Å². The van der Waals surface area contributed by atoms with Gasteiger partial charge in [-0.3, -0.25) is 4.79 Å². The number of ether oxygens (including phenoxy) is 1. The van der Waals surface area contributed by atoms with Gasteiger partial charge in [-0.25, -0.2) is 9.13 Å². The summed E-state index contributed by atoms with van der Waals surface area (Å²) in [5.41, 5.74) is 2.46. The van der Waals surface area contributed by atoms with Gasteiger partial charge in [-0.05, 0) is 16.7 Å². The lowest BCUT2D eigenvalue weighted by Gasteiger charge is -2.26. The number of benzene rings is 3. The number of cyclic esters (lactones) is 1. The highest BCUT2D eigenvalue weighted by Gasteiger charge is 2.52. The highest BCUT2D eigenvalue weighted by molar-refractivity contribution is 5.89. The highest BCUT2D eigenvalue weighted by Crippen LogP contribution is 2.43. The zero-order valence-corrected chi connectivity index (χ0v) is 18.2. The molecular formula is C28H27N2O2+. The van der Waals surface area contributed by atoms with Gasteiger partial charge in [-0.2, -0.15) is 0 Å². The molecule has 2 heterocycles. The standard InChI is InChI=1S/C28H27N2O2/c1-29-17-18-30(26(29)19-22-11-5-2-6-12-22)21-25-20-28(27(31)32-25,23-13-7-3-8-14-23)24-15-9-4-10-16-24/h2-18,25H,19-21H2,1H3/q+1. The molecule has 4 nitrogen and oxygen atoms in total. The number of carbonyl (C=O) groups is 1. The van der Waals surface area contributed by atoms with Crippen LogP contribution in [0, 0.1) is 0 Å². The highest BCUT2D eigenvalue weighted by atomic mass is 16.6. The topological polar surface area (TPSA) is 35.1 Å². The van der Waals surface area contributed by atoms with Crippen molar-refractivity contribution in [2.24, 2.45) is 7.05 Å². The van der Waals surface area contributed by atoms with Gasteiger partial charge in [0.2, 0.25) is 0 Å². The van der Waals surface area contributed by atoms with Crippen LogP contribution in [0.5, 0.6) is 0 Å². The van der Waals surface area contributed by atoms with Crippen LogP contribution in [0.2, 0.25) is 0 Å². The molecule has 1 aromatic heterocycles. The fraction of sp³-hybridized carbons (Fsp3) is 0.214. The Kier molecular flexibility index (Phi) is 5.36. The zero-order valence-electron chi connectivity index (χ0n) is 18.2. The van der Waals surface area contributed by atoms with Crippen molar-refractivity contribution in [1.82, 2.24) is 4.57 Å². The number of hydrogen-bond acceptors (Lipinski definition) is 2.